The van der Waals surface area contributed by atoms with Crippen LogP contribution in [0.15, 0.2) is 36.5 Å². The van der Waals surface area contributed by atoms with E-state index in [0.717, 1.165) is 25.2 Å². The van der Waals surface area contributed by atoms with E-state index in [4.69, 9.17) is 0 Å². The number of benzene rings is 1. The van der Waals surface area contributed by atoms with E-state index in [1.165, 1.54) is 5.56 Å². The van der Waals surface area contributed by atoms with Gasteiger partial charge in [-0.15, -0.1) is 0 Å². The van der Waals surface area contributed by atoms with E-state index in [2.05, 4.69) is 27.9 Å². The molecule has 0 unspecified atom stereocenters. The number of carbonyl (C=O) groups excluding carboxylic acids is 1. The van der Waals surface area contributed by atoms with Gasteiger partial charge in [0.2, 0.25) is 0 Å². The summed E-state index contributed by atoms with van der Waals surface area (Å²) in [6.45, 7) is 7.10. The van der Waals surface area contributed by atoms with Crippen LogP contribution in [0.3, 0.4) is 0 Å². The first-order valence-corrected chi connectivity index (χ1v) is 7.83. The van der Waals surface area contributed by atoms with Crippen molar-refractivity contribution in [2.45, 2.75) is 26.8 Å². The summed E-state index contributed by atoms with van der Waals surface area (Å²) in [7, 11) is 0. The van der Waals surface area contributed by atoms with Crippen LogP contribution in [0.4, 0.5) is 0 Å². The van der Waals surface area contributed by atoms with Crippen LogP contribution in [0.1, 0.15) is 35.5 Å². The first kappa shape index (κ1) is 16.2. The van der Waals surface area contributed by atoms with Crippen LogP contribution in [0, 0.1) is 0 Å². The Balaban J connectivity index is 2.05. The third kappa shape index (κ3) is 4.18. The van der Waals surface area contributed by atoms with E-state index >= 15 is 0 Å². The van der Waals surface area contributed by atoms with Gasteiger partial charge in [0.1, 0.15) is 0 Å². The minimum absolute atomic E-state index is 0.0472. The topological polar surface area (TPSA) is 58.9 Å². The molecule has 22 heavy (non-hydrogen) atoms. The highest BCUT2D eigenvalue weighted by atomic mass is 16.1. The molecule has 2 aromatic rings. The van der Waals surface area contributed by atoms with Gasteiger partial charge in [0.25, 0.3) is 5.91 Å². The van der Waals surface area contributed by atoms with Crippen molar-refractivity contribution in [1.29, 1.82) is 0 Å². The largest absolute Gasteiger partial charge is 0.351 e. The van der Waals surface area contributed by atoms with Gasteiger partial charge in [-0.2, -0.15) is 5.10 Å². The van der Waals surface area contributed by atoms with Gasteiger partial charge in [0.15, 0.2) is 0 Å². The maximum atomic E-state index is 12.3. The van der Waals surface area contributed by atoms with Gasteiger partial charge in [-0.3, -0.25) is 9.48 Å². The van der Waals surface area contributed by atoms with E-state index < -0.39 is 0 Å². The van der Waals surface area contributed by atoms with Crippen molar-refractivity contribution >= 4 is 5.91 Å². The number of nitrogens with zero attached hydrogens (tertiary/aromatic N) is 2. The first-order chi connectivity index (χ1) is 10.8. The van der Waals surface area contributed by atoms with Crippen LogP contribution in [-0.2, 0) is 13.0 Å². The second-order valence-corrected chi connectivity index (χ2v) is 5.11. The summed E-state index contributed by atoms with van der Waals surface area (Å²) in [4.78, 5) is 12.3. The van der Waals surface area contributed by atoms with Crippen LogP contribution in [0.2, 0.25) is 0 Å². The van der Waals surface area contributed by atoms with Crippen molar-refractivity contribution < 1.29 is 4.79 Å². The number of likely N-dealkylation sites (N-methyl/N-ethyl adjacent to an activating group) is 1. The molecule has 0 fully saturated rings. The number of hydrogen-bond acceptors (Lipinski definition) is 3. The smallest absolute Gasteiger partial charge is 0.254 e. The highest BCUT2D eigenvalue weighted by Crippen LogP contribution is 2.12. The number of carbonyl (C=O) groups is 1. The molecule has 5 heteroatoms. The molecule has 2 N–H and O–H groups in total. The Hall–Kier alpha value is -2.14. The lowest BCUT2D eigenvalue weighted by Gasteiger charge is -2.09. The van der Waals surface area contributed by atoms with Gasteiger partial charge in [-0.05, 0) is 18.5 Å². The van der Waals surface area contributed by atoms with Crippen molar-refractivity contribution in [2.75, 3.05) is 19.6 Å². The highest BCUT2D eigenvalue weighted by Gasteiger charge is 2.15. The Labute approximate surface area is 131 Å². The molecule has 1 aromatic carbocycles. The van der Waals surface area contributed by atoms with E-state index in [9.17, 15) is 4.79 Å². The molecule has 0 aliphatic carbocycles. The Morgan fingerprint density at radius 2 is 1.95 bits per heavy atom. The lowest BCUT2D eigenvalue weighted by atomic mass is 10.1. The third-order valence-corrected chi connectivity index (χ3v) is 3.54. The summed E-state index contributed by atoms with van der Waals surface area (Å²) in [5.41, 5.74) is 2.83. The predicted molar refractivity (Wildman–Crippen MR) is 88.0 cm³/mol. The van der Waals surface area contributed by atoms with Crippen LogP contribution in [0.5, 0.6) is 0 Å². The summed E-state index contributed by atoms with van der Waals surface area (Å²) < 4.78 is 1.91. The fourth-order valence-corrected chi connectivity index (χ4v) is 2.40. The summed E-state index contributed by atoms with van der Waals surface area (Å²) in [6, 6.07) is 10.2. The van der Waals surface area contributed by atoms with Crippen molar-refractivity contribution in [3.05, 3.63) is 53.3 Å². The molecule has 2 rings (SSSR count). The monoisotopic (exact) mass is 300 g/mol. The van der Waals surface area contributed by atoms with E-state index in [0.29, 0.717) is 18.7 Å². The molecule has 118 valence electrons. The summed E-state index contributed by atoms with van der Waals surface area (Å²) in [5, 5.41) is 10.5. The molecular weight excluding hydrogens is 276 g/mol. The molecule has 1 aromatic heterocycles. The van der Waals surface area contributed by atoms with Crippen molar-refractivity contribution in [1.82, 2.24) is 20.4 Å². The van der Waals surface area contributed by atoms with Gasteiger partial charge < -0.3 is 10.6 Å². The zero-order valence-corrected chi connectivity index (χ0v) is 13.3. The molecule has 0 saturated heterocycles. The predicted octanol–water partition coefficient (Wildman–Crippen LogP) is 1.83. The average molecular weight is 300 g/mol. The molecule has 1 heterocycles. The molecule has 0 spiro atoms. The number of rotatable bonds is 8. The second kappa shape index (κ2) is 8.34. The molecule has 1 amide bonds. The highest BCUT2D eigenvalue weighted by molar-refractivity contribution is 5.95. The molecule has 0 saturated carbocycles. The third-order valence-electron chi connectivity index (χ3n) is 3.54. The fourth-order valence-electron chi connectivity index (χ4n) is 2.40. The van der Waals surface area contributed by atoms with Crippen molar-refractivity contribution in [3.8, 4) is 0 Å². The molecule has 0 aliphatic heterocycles. The average Bonchev–Trinajstić information content (AvgIpc) is 2.95. The SMILES string of the molecule is CCNCCNC(=O)c1cnn(Cc2ccccc2)c1CC. The summed E-state index contributed by atoms with van der Waals surface area (Å²) in [6.07, 6.45) is 2.45. The quantitative estimate of drug-likeness (QED) is 0.731. The summed E-state index contributed by atoms with van der Waals surface area (Å²) in [5.74, 6) is -0.0472. The van der Waals surface area contributed by atoms with Gasteiger partial charge in [0.05, 0.1) is 24.0 Å². The molecule has 0 radical (unpaired) electrons. The lowest BCUT2D eigenvalue weighted by molar-refractivity contribution is 0.0953. The lowest BCUT2D eigenvalue weighted by Crippen LogP contribution is -2.32. The minimum Gasteiger partial charge on any atom is -0.351 e. The second-order valence-electron chi connectivity index (χ2n) is 5.11. The van der Waals surface area contributed by atoms with E-state index in [-0.39, 0.29) is 5.91 Å². The molecular formula is C17H24N4O. The Morgan fingerprint density at radius 1 is 1.18 bits per heavy atom. The minimum atomic E-state index is -0.0472. The zero-order chi connectivity index (χ0) is 15.8. The van der Waals surface area contributed by atoms with Gasteiger partial charge in [-0.25, -0.2) is 0 Å². The molecule has 0 aliphatic rings. The number of amides is 1. The first-order valence-electron chi connectivity index (χ1n) is 7.83. The van der Waals surface area contributed by atoms with Crippen LogP contribution >= 0.6 is 0 Å². The standard InChI is InChI=1S/C17H24N4O/c1-3-16-15(17(22)19-11-10-18-4-2)12-20-21(16)13-14-8-6-5-7-9-14/h5-9,12,18H,3-4,10-11,13H2,1-2H3,(H,19,22). The molecule has 0 bridgehead atoms. The normalized spacial score (nSPS) is 10.6. The Morgan fingerprint density at radius 3 is 2.64 bits per heavy atom. The maximum absolute atomic E-state index is 12.3. The van der Waals surface area contributed by atoms with Crippen LogP contribution in [-0.4, -0.2) is 35.3 Å². The van der Waals surface area contributed by atoms with Crippen molar-refractivity contribution in [2.24, 2.45) is 0 Å². The van der Waals surface area contributed by atoms with E-state index in [1.54, 1.807) is 6.20 Å². The Bertz CT molecular complexity index is 592. The van der Waals surface area contributed by atoms with Gasteiger partial charge >= 0.3 is 0 Å². The van der Waals surface area contributed by atoms with Crippen LogP contribution < -0.4 is 10.6 Å². The number of hydrogen-bond donors (Lipinski definition) is 2. The van der Waals surface area contributed by atoms with E-state index in [1.807, 2.05) is 36.7 Å². The fraction of sp³-hybridized carbons (Fsp3) is 0.412. The van der Waals surface area contributed by atoms with Crippen LogP contribution in [0.25, 0.3) is 0 Å². The van der Waals surface area contributed by atoms with Gasteiger partial charge in [0, 0.05) is 13.1 Å². The number of aromatic nitrogens is 2. The summed E-state index contributed by atoms with van der Waals surface area (Å²) >= 11 is 0. The zero-order valence-electron chi connectivity index (χ0n) is 13.3. The molecule has 0 atom stereocenters. The van der Waals surface area contributed by atoms with Crippen molar-refractivity contribution in [3.63, 3.8) is 0 Å². The molecule has 5 nitrogen and oxygen atoms in total. The van der Waals surface area contributed by atoms with Gasteiger partial charge in [-0.1, -0.05) is 44.2 Å². The Kier molecular flexibility index (Phi) is 6.15. The maximum Gasteiger partial charge on any atom is 0.254 e. The number of nitrogens with one attached hydrogen (secondary N) is 2.